The first-order valence-corrected chi connectivity index (χ1v) is 6.38. The molecule has 0 spiro atoms. The van der Waals surface area contributed by atoms with Crippen LogP contribution in [-0.2, 0) is 0 Å². The highest BCUT2D eigenvalue weighted by atomic mass is 79.9. The van der Waals surface area contributed by atoms with E-state index in [4.69, 9.17) is 5.73 Å². The molecule has 0 radical (unpaired) electrons. The summed E-state index contributed by atoms with van der Waals surface area (Å²) in [7, 11) is 0. The van der Waals surface area contributed by atoms with E-state index >= 15 is 0 Å². The van der Waals surface area contributed by atoms with Crippen molar-refractivity contribution < 1.29 is 0 Å². The fraction of sp³-hybridized carbons (Fsp3) is 0.385. The van der Waals surface area contributed by atoms with Gasteiger partial charge in [-0.25, -0.2) is 0 Å². The predicted molar refractivity (Wildman–Crippen MR) is 73.4 cm³/mol. The molecule has 1 unspecified atom stereocenters. The van der Waals surface area contributed by atoms with E-state index in [9.17, 15) is 0 Å². The van der Waals surface area contributed by atoms with E-state index in [0.29, 0.717) is 6.54 Å². The van der Waals surface area contributed by atoms with Gasteiger partial charge in [-0.3, -0.25) is 0 Å². The molecule has 1 aromatic rings. The molecule has 3 N–H and O–H groups in total. The Labute approximate surface area is 106 Å². The maximum atomic E-state index is 5.79. The minimum absolute atomic E-state index is 0.223. The molecule has 0 aliphatic rings. The first-order valence-electron chi connectivity index (χ1n) is 5.58. The Morgan fingerprint density at radius 2 is 2.19 bits per heavy atom. The Hall–Kier alpha value is -0.640. The van der Waals surface area contributed by atoms with Gasteiger partial charge in [-0.2, -0.15) is 0 Å². The lowest BCUT2D eigenvalue weighted by Gasteiger charge is -2.18. The maximum absolute atomic E-state index is 5.79. The SMILES string of the molecule is C/C=C/CCNC(CN)c1ccccc1Br. The van der Waals surface area contributed by atoms with Gasteiger partial charge >= 0.3 is 0 Å². The third kappa shape index (κ3) is 4.08. The molecule has 2 nitrogen and oxygen atoms in total. The summed E-state index contributed by atoms with van der Waals surface area (Å²) in [6.07, 6.45) is 5.26. The van der Waals surface area contributed by atoms with Crippen molar-refractivity contribution in [3.05, 3.63) is 46.5 Å². The van der Waals surface area contributed by atoms with Gasteiger partial charge in [0.15, 0.2) is 0 Å². The molecule has 1 atom stereocenters. The van der Waals surface area contributed by atoms with Crippen molar-refractivity contribution in [2.75, 3.05) is 13.1 Å². The van der Waals surface area contributed by atoms with Gasteiger partial charge in [0.25, 0.3) is 0 Å². The lowest BCUT2D eigenvalue weighted by atomic mass is 10.1. The van der Waals surface area contributed by atoms with Gasteiger partial charge in [0.2, 0.25) is 0 Å². The maximum Gasteiger partial charge on any atom is 0.0455 e. The highest BCUT2D eigenvalue weighted by Crippen LogP contribution is 2.22. The van der Waals surface area contributed by atoms with E-state index < -0.39 is 0 Å². The Bertz CT molecular complexity index is 336. The molecule has 88 valence electrons. The Morgan fingerprint density at radius 3 is 2.81 bits per heavy atom. The van der Waals surface area contributed by atoms with Crippen LogP contribution in [0.5, 0.6) is 0 Å². The highest BCUT2D eigenvalue weighted by molar-refractivity contribution is 9.10. The Kier molecular flexibility index (Phi) is 6.38. The molecular weight excluding hydrogens is 264 g/mol. The largest absolute Gasteiger partial charge is 0.329 e. The van der Waals surface area contributed by atoms with Gasteiger partial charge in [-0.1, -0.05) is 46.3 Å². The van der Waals surface area contributed by atoms with E-state index in [0.717, 1.165) is 17.4 Å². The number of hydrogen-bond acceptors (Lipinski definition) is 2. The smallest absolute Gasteiger partial charge is 0.0455 e. The number of allylic oxidation sites excluding steroid dienone is 1. The van der Waals surface area contributed by atoms with Gasteiger partial charge in [0, 0.05) is 17.1 Å². The summed E-state index contributed by atoms with van der Waals surface area (Å²) in [6.45, 7) is 3.60. The molecule has 0 aromatic heterocycles. The second-order valence-electron chi connectivity index (χ2n) is 3.62. The van der Waals surface area contributed by atoms with Gasteiger partial charge < -0.3 is 11.1 Å². The third-order valence-corrected chi connectivity index (χ3v) is 3.18. The monoisotopic (exact) mass is 282 g/mol. The summed E-state index contributed by atoms with van der Waals surface area (Å²) in [4.78, 5) is 0. The van der Waals surface area contributed by atoms with Crippen LogP contribution in [0.2, 0.25) is 0 Å². The third-order valence-electron chi connectivity index (χ3n) is 2.45. The lowest BCUT2D eigenvalue weighted by Crippen LogP contribution is -2.29. The minimum atomic E-state index is 0.223. The van der Waals surface area contributed by atoms with Gasteiger partial charge in [0.05, 0.1) is 0 Å². The Balaban J connectivity index is 2.57. The van der Waals surface area contributed by atoms with E-state index in [1.54, 1.807) is 0 Å². The van der Waals surface area contributed by atoms with Crippen LogP contribution in [0.1, 0.15) is 24.9 Å². The quantitative estimate of drug-likeness (QED) is 0.622. The molecule has 0 amide bonds. The van der Waals surface area contributed by atoms with Crippen molar-refractivity contribution in [3.63, 3.8) is 0 Å². The topological polar surface area (TPSA) is 38.0 Å². The number of nitrogens with one attached hydrogen (secondary N) is 1. The average Bonchev–Trinajstić information content (AvgIpc) is 2.31. The second kappa shape index (κ2) is 7.60. The van der Waals surface area contributed by atoms with Gasteiger partial charge in [-0.15, -0.1) is 0 Å². The van der Waals surface area contributed by atoms with Crippen LogP contribution < -0.4 is 11.1 Å². The summed E-state index contributed by atoms with van der Waals surface area (Å²) < 4.78 is 1.11. The van der Waals surface area contributed by atoms with Gasteiger partial charge in [-0.05, 0) is 31.5 Å². The summed E-state index contributed by atoms with van der Waals surface area (Å²) >= 11 is 3.55. The van der Waals surface area contributed by atoms with Crippen molar-refractivity contribution in [2.24, 2.45) is 5.73 Å². The lowest BCUT2D eigenvalue weighted by molar-refractivity contribution is 0.546. The van der Waals surface area contributed by atoms with Crippen LogP contribution in [0.25, 0.3) is 0 Å². The van der Waals surface area contributed by atoms with Crippen molar-refractivity contribution >= 4 is 15.9 Å². The van der Waals surface area contributed by atoms with E-state index in [1.165, 1.54) is 5.56 Å². The normalized spacial score (nSPS) is 13.2. The molecular formula is C13H19BrN2. The number of hydrogen-bond donors (Lipinski definition) is 2. The van der Waals surface area contributed by atoms with Crippen LogP contribution in [-0.4, -0.2) is 13.1 Å². The van der Waals surface area contributed by atoms with Crippen molar-refractivity contribution in [2.45, 2.75) is 19.4 Å². The van der Waals surface area contributed by atoms with E-state index in [-0.39, 0.29) is 6.04 Å². The molecule has 0 bridgehead atoms. The fourth-order valence-corrected chi connectivity index (χ4v) is 2.15. The summed E-state index contributed by atoms with van der Waals surface area (Å²) in [6, 6.07) is 8.42. The Morgan fingerprint density at radius 1 is 1.44 bits per heavy atom. The van der Waals surface area contributed by atoms with E-state index in [1.807, 2.05) is 25.1 Å². The zero-order valence-electron chi connectivity index (χ0n) is 9.62. The summed E-state index contributed by atoms with van der Waals surface area (Å²) in [5.41, 5.74) is 7.01. The van der Waals surface area contributed by atoms with Crippen molar-refractivity contribution in [1.82, 2.24) is 5.32 Å². The van der Waals surface area contributed by atoms with Crippen LogP contribution in [0.4, 0.5) is 0 Å². The molecule has 0 saturated heterocycles. The molecule has 1 aromatic carbocycles. The first kappa shape index (κ1) is 13.4. The number of rotatable bonds is 6. The average molecular weight is 283 g/mol. The van der Waals surface area contributed by atoms with Crippen molar-refractivity contribution in [1.29, 1.82) is 0 Å². The predicted octanol–water partition coefficient (Wildman–Crippen LogP) is 3.00. The fourth-order valence-electron chi connectivity index (χ4n) is 1.59. The molecule has 0 aliphatic heterocycles. The first-order chi connectivity index (χ1) is 7.79. The molecule has 0 heterocycles. The van der Waals surface area contributed by atoms with Crippen LogP contribution >= 0.6 is 15.9 Å². The van der Waals surface area contributed by atoms with Crippen LogP contribution in [0.3, 0.4) is 0 Å². The minimum Gasteiger partial charge on any atom is -0.329 e. The van der Waals surface area contributed by atoms with Crippen LogP contribution in [0.15, 0.2) is 40.9 Å². The zero-order valence-corrected chi connectivity index (χ0v) is 11.2. The molecule has 1 rings (SSSR count). The summed E-state index contributed by atoms with van der Waals surface area (Å²) in [5.74, 6) is 0. The molecule has 0 fully saturated rings. The second-order valence-corrected chi connectivity index (χ2v) is 4.48. The standard InChI is InChI=1S/C13H19BrN2/c1-2-3-6-9-16-13(10-15)11-7-4-5-8-12(11)14/h2-5,7-8,13,16H,6,9-10,15H2,1H3/b3-2+. The number of nitrogens with two attached hydrogens (primary N) is 1. The van der Waals surface area contributed by atoms with Gasteiger partial charge in [0.1, 0.15) is 0 Å². The number of benzene rings is 1. The van der Waals surface area contributed by atoms with Crippen LogP contribution in [0, 0.1) is 0 Å². The van der Waals surface area contributed by atoms with E-state index in [2.05, 4.69) is 39.5 Å². The molecule has 16 heavy (non-hydrogen) atoms. The molecule has 0 saturated carbocycles. The molecule has 0 aliphatic carbocycles. The zero-order chi connectivity index (χ0) is 11.8. The highest BCUT2D eigenvalue weighted by Gasteiger charge is 2.10. The van der Waals surface area contributed by atoms with Crippen molar-refractivity contribution in [3.8, 4) is 0 Å². The summed E-state index contributed by atoms with van der Waals surface area (Å²) in [5, 5.41) is 3.46. The molecule has 3 heteroatoms. The number of halogens is 1.